The molecule has 1 atom stereocenters. The summed E-state index contributed by atoms with van der Waals surface area (Å²) in [6.45, 7) is 0. The molecule has 0 saturated heterocycles. The van der Waals surface area contributed by atoms with Gasteiger partial charge in [0, 0.05) is 36.5 Å². The van der Waals surface area contributed by atoms with Gasteiger partial charge in [0.05, 0.1) is 0 Å². The van der Waals surface area contributed by atoms with Gasteiger partial charge in [-0.15, -0.1) is 0 Å². The number of rotatable bonds is 0. The second kappa shape index (κ2) is 31.9. The zero-order chi connectivity index (χ0) is 0. The second-order valence-electron chi connectivity index (χ2n) is 0. The Labute approximate surface area is 154 Å². The third kappa shape index (κ3) is 22.9. The van der Waals surface area contributed by atoms with E-state index >= 15 is 0 Å². The van der Waals surface area contributed by atoms with Gasteiger partial charge in [-0.1, -0.05) is 0 Å². The van der Waals surface area contributed by atoms with Crippen LogP contribution >= 0.6 is 9.90 Å². The first kappa shape index (κ1) is 42.9. The Morgan fingerprint density at radius 2 is 1.00 bits per heavy atom. The quantitative estimate of drug-likeness (QED) is 0.337. The molecule has 0 fully saturated rings. The molecule has 0 nitrogen and oxygen atoms in total. The van der Waals surface area contributed by atoms with Crippen molar-refractivity contribution in [3.63, 3.8) is 0 Å². The van der Waals surface area contributed by atoms with Crippen molar-refractivity contribution in [2.24, 2.45) is 0 Å². The van der Waals surface area contributed by atoms with Gasteiger partial charge in [-0.25, -0.2) is 0 Å². The Morgan fingerprint density at radius 3 is 1.00 bits per heavy atom. The minimum atomic E-state index is 0. The predicted octanol–water partition coefficient (Wildman–Crippen LogP) is -2.43. The summed E-state index contributed by atoms with van der Waals surface area (Å²) in [4.78, 5) is 0. The van der Waals surface area contributed by atoms with Crippen LogP contribution in [0.5, 0.6) is 0 Å². The summed E-state index contributed by atoms with van der Waals surface area (Å²) >= 11 is 0. The van der Waals surface area contributed by atoms with E-state index in [2.05, 4.69) is 0 Å². The van der Waals surface area contributed by atoms with Gasteiger partial charge in [0.2, 0.25) is 0 Å². The molecular formula is H8CaFeKMgPZn. The van der Waals surface area contributed by atoms with Crippen molar-refractivity contribution in [2.45, 2.75) is 0 Å². The monoisotopic (exact) mass is 262 g/mol. The fourth-order valence-corrected chi connectivity index (χ4v) is 0. The molecule has 28 valence electrons. The summed E-state index contributed by atoms with van der Waals surface area (Å²) in [5.74, 6) is 0. The molecule has 0 aromatic rings. The minimum absolute atomic E-state index is 0. The average Bonchev–Trinajstić information content (AvgIpc) is 0. The standard InChI is InChI=1S/Ca.Fe.K.Mg.H3P.Zn.5H/h;;;;1H3;;;;;;. The van der Waals surface area contributed by atoms with Crippen LogP contribution in [0.15, 0.2) is 0 Å². The van der Waals surface area contributed by atoms with E-state index < -0.39 is 0 Å². The normalized spacial score (nSPS) is 0. The molecule has 0 amide bonds. The van der Waals surface area contributed by atoms with E-state index in [-0.39, 0.29) is 159 Å². The van der Waals surface area contributed by atoms with E-state index in [1.807, 2.05) is 0 Å². The first-order valence-electron chi connectivity index (χ1n) is 0. The smallest absolute Gasteiger partial charge is 0 e. The summed E-state index contributed by atoms with van der Waals surface area (Å²) in [5.41, 5.74) is 0. The molecule has 0 bridgehead atoms. The van der Waals surface area contributed by atoms with Gasteiger partial charge in [-0.3, -0.25) is 0 Å². The number of hydrogen-bond donors (Lipinski definition) is 0. The van der Waals surface area contributed by atoms with Gasteiger partial charge in [0.25, 0.3) is 0 Å². The Balaban J connectivity index is 0. The molecule has 0 spiro atoms. The van der Waals surface area contributed by atoms with Gasteiger partial charge in [0.1, 0.15) is 0 Å². The Bertz CT molecular complexity index is 15.5. The molecule has 0 saturated carbocycles. The Kier molecular flexibility index (Phi) is 228. The summed E-state index contributed by atoms with van der Waals surface area (Å²) < 4.78 is 0. The van der Waals surface area contributed by atoms with Crippen LogP contribution in [0.2, 0.25) is 0 Å². The van der Waals surface area contributed by atoms with Crippen LogP contribution in [0, 0.1) is 0 Å². The van der Waals surface area contributed by atoms with Crippen molar-refractivity contribution < 1.29 is 36.5 Å². The van der Waals surface area contributed by atoms with Gasteiger partial charge < -0.3 is 0 Å². The minimum Gasteiger partial charge on any atom is 0 e. The van der Waals surface area contributed by atoms with E-state index in [0.717, 1.165) is 0 Å². The molecule has 0 radical (unpaired) electrons. The fraction of sp³-hybridized carbons (Fsp3) is 0. The zero-order valence-electron chi connectivity index (χ0n) is 1.77. The van der Waals surface area contributed by atoms with E-state index in [0.29, 0.717) is 0 Å². The van der Waals surface area contributed by atoms with Crippen molar-refractivity contribution in [1.82, 2.24) is 0 Å². The molecule has 0 N–H and O–H groups in total. The maximum absolute atomic E-state index is 0. The predicted molar refractivity (Wildman–Crippen MR) is 35.3 cm³/mol. The van der Waals surface area contributed by atoms with E-state index in [1.165, 1.54) is 0 Å². The largest absolute Gasteiger partial charge is 0.316 e. The molecule has 0 aliphatic carbocycles. The maximum atomic E-state index is 0. The topological polar surface area (TPSA) is 0 Å². The van der Waals surface area contributed by atoms with Crippen LogP contribution in [0.1, 0.15) is 0 Å². The molecule has 0 heterocycles. The molecular weight excluding hydrogens is 256 g/mol. The fourth-order valence-electron chi connectivity index (χ4n) is 0. The molecule has 0 aromatic heterocycles. The van der Waals surface area contributed by atoms with Crippen molar-refractivity contribution in [1.29, 1.82) is 0 Å². The third-order valence-electron chi connectivity index (χ3n) is 0. The van der Waals surface area contributed by atoms with Crippen LogP contribution in [0.3, 0.4) is 0 Å². The second-order valence-corrected chi connectivity index (χ2v) is 0. The third-order valence-corrected chi connectivity index (χ3v) is 0. The van der Waals surface area contributed by atoms with Crippen molar-refractivity contribution in [3.05, 3.63) is 0 Å². The molecule has 0 aromatic carbocycles. The SMILES string of the molecule is P.[CaH2].[Fe].[KH].[MgH2].[Zn]. The van der Waals surface area contributed by atoms with Gasteiger partial charge >= 0.3 is 112 Å². The molecule has 6 heavy (non-hydrogen) atoms. The zero-order valence-corrected chi connectivity index (χ0v) is 7.25. The molecule has 0 aliphatic heterocycles. The van der Waals surface area contributed by atoms with E-state index in [9.17, 15) is 0 Å². The maximum Gasteiger partial charge on any atom is 0.316 e. The van der Waals surface area contributed by atoms with Gasteiger partial charge in [-0.2, -0.15) is 9.90 Å². The van der Waals surface area contributed by atoms with Gasteiger partial charge in [-0.05, 0) is 0 Å². The molecule has 0 aliphatic rings. The van der Waals surface area contributed by atoms with Gasteiger partial charge in [0.15, 0.2) is 0 Å². The molecule has 0 rings (SSSR count). The first-order chi connectivity index (χ1) is 0. The van der Waals surface area contributed by atoms with Crippen molar-refractivity contribution in [3.8, 4) is 0 Å². The van der Waals surface area contributed by atoms with Crippen LogP contribution in [-0.2, 0) is 36.5 Å². The van der Waals surface area contributed by atoms with Crippen molar-refractivity contribution >= 4 is 122 Å². The first-order valence-corrected chi connectivity index (χ1v) is 0. The number of hydrogen-bond acceptors (Lipinski definition) is 0. The van der Waals surface area contributed by atoms with Crippen LogP contribution < -0.4 is 0 Å². The van der Waals surface area contributed by atoms with Crippen LogP contribution in [0.4, 0.5) is 0 Å². The van der Waals surface area contributed by atoms with Crippen LogP contribution in [-0.4, -0.2) is 112 Å². The average molecular weight is 264 g/mol. The van der Waals surface area contributed by atoms with Crippen molar-refractivity contribution in [2.75, 3.05) is 0 Å². The summed E-state index contributed by atoms with van der Waals surface area (Å²) in [6, 6.07) is 0. The Hall–Kier alpha value is 5.24. The summed E-state index contributed by atoms with van der Waals surface area (Å²) in [6.07, 6.45) is 0. The molecule has 1 unspecified atom stereocenters. The summed E-state index contributed by atoms with van der Waals surface area (Å²) in [7, 11) is 0. The van der Waals surface area contributed by atoms with Crippen LogP contribution in [0.25, 0.3) is 0 Å². The molecule has 6 heteroatoms. The Morgan fingerprint density at radius 1 is 1.00 bits per heavy atom. The van der Waals surface area contributed by atoms with E-state index in [4.69, 9.17) is 0 Å². The summed E-state index contributed by atoms with van der Waals surface area (Å²) in [5, 5.41) is 0. The van der Waals surface area contributed by atoms with E-state index in [1.54, 1.807) is 0 Å².